The van der Waals surface area contributed by atoms with Gasteiger partial charge in [-0.25, -0.2) is 9.59 Å². The molecule has 0 aromatic heterocycles. The van der Waals surface area contributed by atoms with Crippen LogP contribution in [-0.4, -0.2) is 66.5 Å². The molecule has 0 rings (SSSR count). The van der Waals surface area contributed by atoms with Crippen molar-refractivity contribution in [3.05, 3.63) is 0 Å². The predicted octanol–water partition coefficient (Wildman–Crippen LogP) is -1.98. The SMILES string of the molecule is CC(C)C[C@](O)([C@H](O)[C@H](O)C(=O)O)[C@@H](O)C(=O)O. The van der Waals surface area contributed by atoms with Gasteiger partial charge >= 0.3 is 11.9 Å². The van der Waals surface area contributed by atoms with E-state index in [1.807, 2.05) is 0 Å². The summed E-state index contributed by atoms with van der Waals surface area (Å²) in [7, 11) is 0. The lowest BCUT2D eigenvalue weighted by Gasteiger charge is -2.37. The van der Waals surface area contributed by atoms with Crippen molar-refractivity contribution in [1.29, 1.82) is 0 Å². The Morgan fingerprint density at radius 2 is 1.50 bits per heavy atom. The summed E-state index contributed by atoms with van der Waals surface area (Å²) in [4.78, 5) is 21.2. The van der Waals surface area contributed by atoms with E-state index in [-0.39, 0.29) is 5.92 Å². The van der Waals surface area contributed by atoms with Gasteiger partial charge in [-0.1, -0.05) is 13.8 Å². The van der Waals surface area contributed by atoms with Crippen molar-refractivity contribution in [2.24, 2.45) is 5.92 Å². The second kappa shape index (κ2) is 6.10. The summed E-state index contributed by atoms with van der Waals surface area (Å²) in [6.07, 6.45) is -7.54. The van der Waals surface area contributed by atoms with Crippen molar-refractivity contribution >= 4 is 11.9 Å². The number of aliphatic hydroxyl groups is 4. The molecule has 0 radical (unpaired) electrons. The maximum atomic E-state index is 10.7. The van der Waals surface area contributed by atoms with Crippen molar-refractivity contribution in [2.45, 2.75) is 44.2 Å². The van der Waals surface area contributed by atoms with E-state index in [2.05, 4.69) is 0 Å². The van der Waals surface area contributed by atoms with Gasteiger partial charge in [0.25, 0.3) is 0 Å². The maximum absolute atomic E-state index is 10.7. The van der Waals surface area contributed by atoms with Crippen molar-refractivity contribution in [3.8, 4) is 0 Å². The lowest BCUT2D eigenvalue weighted by molar-refractivity contribution is -0.205. The van der Waals surface area contributed by atoms with Gasteiger partial charge in [-0.2, -0.15) is 0 Å². The Labute approximate surface area is 103 Å². The number of aliphatic carboxylic acids is 2. The van der Waals surface area contributed by atoms with Crippen LogP contribution in [0.5, 0.6) is 0 Å². The number of rotatable bonds is 7. The molecule has 106 valence electrons. The maximum Gasteiger partial charge on any atom is 0.335 e. The van der Waals surface area contributed by atoms with Crippen molar-refractivity contribution < 1.29 is 40.2 Å². The molecule has 0 aliphatic carbocycles. The van der Waals surface area contributed by atoms with E-state index in [9.17, 15) is 24.9 Å². The van der Waals surface area contributed by atoms with Gasteiger partial charge in [-0.3, -0.25) is 0 Å². The molecule has 8 nitrogen and oxygen atoms in total. The van der Waals surface area contributed by atoms with Crippen LogP contribution in [0.3, 0.4) is 0 Å². The molecule has 0 unspecified atom stereocenters. The van der Waals surface area contributed by atoms with Crippen LogP contribution in [0.15, 0.2) is 0 Å². The van der Waals surface area contributed by atoms with E-state index < -0.39 is 42.3 Å². The molecular weight excluding hydrogens is 248 g/mol. The Kier molecular flexibility index (Phi) is 5.68. The minimum absolute atomic E-state index is 0.348. The van der Waals surface area contributed by atoms with E-state index in [1.165, 1.54) is 0 Å². The molecule has 0 heterocycles. The van der Waals surface area contributed by atoms with Gasteiger partial charge in [0.1, 0.15) is 11.7 Å². The highest BCUT2D eigenvalue weighted by Gasteiger charge is 2.51. The first-order valence-corrected chi connectivity index (χ1v) is 5.26. The van der Waals surface area contributed by atoms with Gasteiger partial charge in [-0.05, 0) is 12.3 Å². The molecule has 6 N–H and O–H groups in total. The average molecular weight is 266 g/mol. The first-order chi connectivity index (χ1) is 8.04. The molecule has 0 saturated carbocycles. The lowest BCUT2D eigenvalue weighted by atomic mass is 9.80. The van der Waals surface area contributed by atoms with Crippen molar-refractivity contribution in [3.63, 3.8) is 0 Å². The second-order valence-electron chi connectivity index (χ2n) is 4.56. The smallest absolute Gasteiger partial charge is 0.335 e. The van der Waals surface area contributed by atoms with Gasteiger partial charge in [-0.15, -0.1) is 0 Å². The zero-order valence-corrected chi connectivity index (χ0v) is 10.0. The third-order valence-electron chi connectivity index (χ3n) is 2.51. The first kappa shape index (κ1) is 16.8. The van der Waals surface area contributed by atoms with Gasteiger partial charge in [0.05, 0.1) is 0 Å². The number of aliphatic hydroxyl groups excluding tert-OH is 3. The molecule has 0 aromatic carbocycles. The topological polar surface area (TPSA) is 156 Å². The van der Waals surface area contributed by atoms with E-state index >= 15 is 0 Å². The third-order valence-corrected chi connectivity index (χ3v) is 2.51. The molecule has 0 bridgehead atoms. The van der Waals surface area contributed by atoms with Crippen molar-refractivity contribution in [1.82, 2.24) is 0 Å². The fourth-order valence-electron chi connectivity index (χ4n) is 1.67. The van der Waals surface area contributed by atoms with Crippen LogP contribution in [0, 0.1) is 5.92 Å². The monoisotopic (exact) mass is 266 g/mol. The van der Waals surface area contributed by atoms with Gasteiger partial charge < -0.3 is 30.6 Å². The third kappa shape index (κ3) is 3.64. The molecule has 8 heteroatoms. The van der Waals surface area contributed by atoms with Gasteiger partial charge in [0, 0.05) is 0 Å². The van der Waals surface area contributed by atoms with Gasteiger partial charge in [0.15, 0.2) is 12.2 Å². The van der Waals surface area contributed by atoms with Crippen LogP contribution in [-0.2, 0) is 9.59 Å². The Balaban J connectivity index is 5.32. The van der Waals surface area contributed by atoms with Crippen LogP contribution in [0.25, 0.3) is 0 Å². The largest absolute Gasteiger partial charge is 0.479 e. The minimum atomic E-state index is -2.65. The first-order valence-electron chi connectivity index (χ1n) is 5.26. The molecule has 0 saturated heterocycles. The van der Waals surface area contributed by atoms with Crippen LogP contribution in [0.1, 0.15) is 20.3 Å². The van der Waals surface area contributed by atoms with E-state index in [4.69, 9.17) is 15.3 Å². The normalized spacial score (nSPS) is 19.9. The molecule has 4 atom stereocenters. The Bertz CT molecular complexity index is 315. The molecular formula is C10H18O8. The highest BCUT2D eigenvalue weighted by Crippen LogP contribution is 2.27. The fourth-order valence-corrected chi connectivity index (χ4v) is 1.67. The fraction of sp³-hybridized carbons (Fsp3) is 0.800. The highest BCUT2D eigenvalue weighted by atomic mass is 16.4. The quantitative estimate of drug-likeness (QED) is 0.309. The number of hydrogen-bond acceptors (Lipinski definition) is 6. The summed E-state index contributed by atoms with van der Waals surface area (Å²) in [5, 5.41) is 55.3. The molecule has 0 spiro atoms. The van der Waals surface area contributed by atoms with E-state index in [0.717, 1.165) is 0 Å². The molecule has 0 aromatic rings. The lowest BCUT2D eigenvalue weighted by Crippen LogP contribution is -2.61. The Morgan fingerprint density at radius 1 is 1.06 bits per heavy atom. The standard InChI is InChI=1S/C10H18O8/c1-4(2)3-10(18,7(13)9(16)17)6(12)5(11)8(14)15/h4-7,11-13,18H,3H2,1-2H3,(H,14,15)(H,16,17)/t5-,6+,7-,10-/m0/s1. The zero-order chi connectivity index (χ0) is 14.7. The minimum Gasteiger partial charge on any atom is -0.479 e. The average Bonchev–Trinajstić information content (AvgIpc) is 2.24. The zero-order valence-electron chi connectivity index (χ0n) is 10.0. The van der Waals surface area contributed by atoms with Crippen LogP contribution in [0.2, 0.25) is 0 Å². The van der Waals surface area contributed by atoms with E-state index in [0.29, 0.717) is 0 Å². The van der Waals surface area contributed by atoms with E-state index in [1.54, 1.807) is 13.8 Å². The predicted molar refractivity (Wildman–Crippen MR) is 57.7 cm³/mol. The summed E-state index contributed by atoms with van der Waals surface area (Å²) in [6.45, 7) is 3.14. The Morgan fingerprint density at radius 3 is 1.78 bits per heavy atom. The summed E-state index contributed by atoms with van der Waals surface area (Å²) >= 11 is 0. The summed E-state index contributed by atoms with van der Waals surface area (Å²) in [6, 6.07) is 0. The number of carboxylic acids is 2. The molecule has 0 aliphatic heterocycles. The number of carboxylic acid groups (broad SMARTS) is 2. The van der Waals surface area contributed by atoms with Gasteiger partial charge in [0.2, 0.25) is 0 Å². The molecule has 0 fully saturated rings. The highest BCUT2D eigenvalue weighted by molar-refractivity contribution is 5.76. The molecule has 0 aliphatic rings. The van der Waals surface area contributed by atoms with Crippen LogP contribution < -0.4 is 0 Å². The summed E-state index contributed by atoms with van der Waals surface area (Å²) < 4.78 is 0. The number of carbonyl (C=O) groups is 2. The summed E-state index contributed by atoms with van der Waals surface area (Å²) in [5.41, 5.74) is -2.65. The second-order valence-corrected chi connectivity index (χ2v) is 4.56. The van der Waals surface area contributed by atoms with Crippen molar-refractivity contribution in [2.75, 3.05) is 0 Å². The van der Waals surface area contributed by atoms with Crippen LogP contribution >= 0.6 is 0 Å². The number of hydrogen-bond donors (Lipinski definition) is 6. The Hall–Kier alpha value is -1.22. The van der Waals surface area contributed by atoms with Crippen LogP contribution in [0.4, 0.5) is 0 Å². The molecule has 18 heavy (non-hydrogen) atoms. The summed E-state index contributed by atoms with van der Waals surface area (Å²) in [5.74, 6) is -4.00. The molecule has 0 amide bonds.